The maximum Gasteiger partial charge on any atom is 0.217 e. The van der Waals surface area contributed by atoms with Crippen molar-refractivity contribution in [3.8, 4) is 0 Å². The first kappa shape index (κ1) is 14.3. The van der Waals surface area contributed by atoms with Crippen LogP contribution in [0.5, 0.6) is 0 Å². The van der Waals surface area contributed by atoms with Crippen LogP contribution in [-0.4, -0.2) is 67.6 Å². The molecule has 17 heavy (non-hydrogen) atoms. The SMILES string of the molecule is COCC1OC(O)C(NC(C)=O)C(OC)C1O. The Morgan fingerprint density at radius 3 is 2.53 bits per heavy atom. The molecule has 3 N–H and O–H groups in total. The Morgan fingerprint density at radius 2 is 2.06 bits per heavy atom. The predicted molar refractivity (Wildman–Crippen MR) is 57.2 cm³/mol. The Bertz CT molecular complexity index is 261. The average Bonchev–Trinajstić information content (AvgIpc) is 2.25. The molecule has 1 heterocycles. The Morgan fingerprint density at radius 1 is 1.41 bits per heavy atom. The van der Waals surface area contributed by atoms with Crippen LogP contribution in [0, 0.1) is 0 Å². The van der Waals surface area contributed by atoms with Crippen LogP contribution in [-0.2, 0) is 19.0 Å². The standard InChI is InChI=1S/C10H19NO6/c1-5(12)11-7-9(16-3)8(13)6(4-15-2)17-10(7)14/h6-10,13-14H,4H2,1-3H3,(H,11,12). The molecule has 0 bridgehead atoms. The molecule has 0 spiro atoms. The predicted octanol–water partition coefficient (Wildman–Crippen LogP) is -1.77. The number of aliphatic hydroxyl groups is 2. The zero-order valence-electron chi connectivity index (χ0n) is 10.1. The molecule has 1 fully saturated rings. The van der Waals surface area contributed by atoms with Crippen molar-refractivity contribution >= 4 is 5.91 Å². The summed E-state index contributed by atoms with van der Waals surface area (Å²) in [5, 5.41) is 22.2. The fourth-order valence-corrected chi connectivity index (χ4v) is 1.91. The van der Waals surface area contributed by atoms with E-state index in [0.717, 1.165) is 0 Å². The summed E-state index contributed by atoms with van der Waals surface area (Å²) < 4.78 is 15.1. The van der Waals surface area contributed by atoms with E-state index in [1.807, 2.05) is 0 Å². The molecular weight excluding hydrogens is 230 g/mol. The Labute approximate surface area is 99.7 Å². The number of methoxy groups -OCH3 is 2. The summed E-state index contributed by atoms with van der Waals surface area (Å²) in [7, 11) is 2.86. The van der Waals surface area contributed by atoms with Crippen LogP contribution in [0.15, 0.2) is 0 Å². The minimum atomic E-state index is -1.24. The van der Waals surface area contributed by atoms with Crippen molar-refractivity contribution in [2.45, 2.75) is 37.6 Å². The van der Waals surface area contributed by atoms with Gasteiger partial charge in [0.25, 0.3) is 0 Å². The molecule has 5 atom stereocenters. The van der Waals surface area contributed by atoms with Gasteiger partial charge in [0.05, 0.1) is 6.61 Å². The van der Waals surface area contributed by atoms with Crippen LogP contribution in [0.25, 0.3) is 0 Å². The molecule has 0 aromatic rings. The minimum absolute atomic E-state index is 0.130. The maximum atomic E-state index is 11.0. The van der Waals surface area contributed by atoms with E-state index in [4.69, 9.17) is 14.2 Å². The molecule has 1 rings (SSSR count). The highest BCUT2D eigenvalue weighted by molar-refractivity contribution is 5.73. The third-order valence-corrected chi connectivity index (χ3v) is 2.67. The molecule has 0 aromatic heterocycles. The Balaban J connectivity index is 2.76. The Kier molecular flexibility index (Phi) is 5.29. The van der Waals surface area contributed by atoms with Crippen LogP contribution in [0.1, 0.15) is 6.92 Å². The highest BCUT2D eigenvalue weighted by Gasteiger charge is 2.45. The summed E-state index contributed by atoms with van der Waals surface area (Å²) in [6.07, 6.45) is -3.67. The normalized spacial score (nSPS) is 37.8. The molecule has 0 aliphatic carbocycles. The van der Waals surface area contributed by atoms with E-state index >= 15 is 0 Å². The molecule has 0 aromatic carbocycles. The molecule has 7 heteroatoms. The molecule has 0 radical (unpaired) electrons. The van der Waals surface area contributed by atoms with Crippen molar-refractivity contribution in [1.29, 1.82) is 0 Å². The average molecular weight is 249 g/mol. The highest BCUT2D eigenvalue weighted by atomic mass is 16.6. The van der Waals surface area contributed by atoms with Crippen LogP contribution >= 0.6 is 0 Å². The van der Waals surface area contributed by atoms with E-state index in [1.165, 1.54) is 21.1 Å². The summed E-state index contributed by atoms with van der Waals surface area (Å²) >= 11 is 0. The second-order valence-electron chi connectivity index (χ2n) is 3.94. The number of hydrogen-bond donors (Lipinski definition) is 3. The second kappa shape index (κ2) is 6.27. The van der Waals surface area contributed by atoms with Gasteiger partial charge in [-0.3, -0.25) is 4.79 Å². The van der Waals surface area contributed by atoms with Gasteiger partial charge in [0, 0.05) is 21.1 Å². The lowest BCUT2D eigenvalue weighted by atomic mass is 9.97. The number of nitrogens with one attached hydrogen (secondary N) is 1. The number of aliphatic hydroxyl groups excluding tert-OH is 2. The lowest BCUT2D eigenvalue weighted by Crippen LogP contribution is -2.64. The minimum Gasteiger partial charge on any atom is -0.388 e. The van der Waals surface area contributed by atoms with Crippen LogP contribution in [0.4, 0.5) is 0 Å². The monoisotopic (exact) mass is 249 g/mol. The van der Waals surface area contributed by atoms with Crippen LogP contribution in [0.3, 0.4) is 0 Å². The first-order valence-corrected chi connectivity index (χ1v) is 5.31. The van der Waals surface area contributed by atoms with Crippen molar-refractivity contribution in [1.82, 2.24) is 5.32 Å². The first-order valence-electron chi connectivity index (χ1n) is 5.31. The molecular formula is C10H19NO6. The number of ether oxygens (including phenoxy) is 3. The van der Waals surface area contributed by atoms with Gasteiger partial charge in [-0.1, -0.05) is 0 Å². The summed E-state index contributed by atoms with van der Waals surface area (Å²) in [5.41, 5.74) is 0. The second-order valence-corrected chi connectivity index (χ2v) is 3.94. The molecule has 5 unspecified atom stereocenters. The molecule has 100 valence electrons. The fraction of sp³-hybridized carbons (Fsp3) is 0.900. The van der Waals surface area contributed by atoms with Crippen molar-refractivity contribution in [2.24, 2.45) is 0 Å². The number of rotatable bonds is 4. The first-order chi connectivity index (χ1) is 8.01. The summed E-state index contributed by atoms with van der Waals surface area (Å²) in [4.78, 5) is 11.0. The molecule has 1 aliphatic heterocycles. The summed E-state index contributed by atoms with van der Waals surface area (Å²) in [6.45, 7) is 1.44. The summed E-state index contributed by atoms with van der Waals surface area (Å²) in [5.74, 6) is -0.336. The van der Waals surface area contributed by atoms with Crippen molar-refractivity contribution in [3.63, 3.8) is 0 Å². The molecule has 1 saturated heterocycles. The third-order valence-electron chi connectivity index (χ3n) is 2.67. The quantitative estimate of drug-likeness (QED) is 0.545. The number of hydrogen-bond acceptors (Lipinski definition) is 6. The topological polar surface area (TPSA) is 97.2 Å². The molecule has 1 amide bonds. The number of carbonyl (C=O) groups is 1. The van der Waals surface area contributed by atoms with Gasteiger partial charge in [-0.25, -0.2) is 0 Å². The number of carbonyl (C=O) groups excluding carboxylic acids is 1. The molecule has 1 aliphatic rings. The van der Waals surface area contributed by atoms with Crippen LogP contribution in [0.2, 0.25) is 0 Å². The van der Waals surface area contributed by atoms with E-state index in [0.29, 0.717) is 0 Å². The largest absolute Gasteiger partial charge is 0.388 e. The zero-order chi connectivity index (χ0) is 13.0. The smallest absolute Gasteiger partial charge is 0.217 e. The molecule has 0 saturated carbocycles. The molecule has 7 nitrogen and oxygen atoms in total. The van der Waals surface area contributed by atoms with Gasteiger partial charge < -0.3 is 29.7 Å². The van der Waals surface area contributed by atoms with E-state index < -0.39 is 30.6 Å². The van der Waals surface area contributed by atoms with Gasteiger partial charge in [0.15, 0.2) is 6.29 Å². The van der Waals surface area contributed by atoms with Gasteiger partial charge in [-0.15, -0.1) is 0 Å². The highest BCUT2D eigenvalue weighted by Crippen LogP contribution is 2.22. The van der Waals surface area contributed by atoms with Crippen molar-refractivity contribution in [2.75, 3.05) is 20.8 Å². The van der Waals surface area contributed by atoms with E-state index in [2.05, 4.69) is 5.32 Å². The van der Waals surface area contributed by atoms with Gasteiger partial charge in [0.1, 0.15) is 24.4 Å². The zero-order valence-corrected chi connectivity index (χ0v) is 10.1. The van der Waals surface area contributed by atoms with Gasteiger partial charge in [0.2, 0.25) is 5.91 Å². The van der Waals surface area contributed by atoms with Gasteiger partial charge in [-0.2, -0.15) is 0 Å². The van der Waals surface area contributed by atoms with Crippen molar-refractivity contribution < 1.29 is 29.2 Å². The maximum absolute atomic E-state index is 11.0. The van der Waals surface area contributed by atoms with Crippen LogP contribution < -0.4 is 5.32 Å². The summed E-state index contributed by atoms with van der Waals surface area (Å²) in [6, 6.07) is -0.805. The van der Waals surface area contributed by atoms with E-state index in [9.17, 15) is 15.0 Å². The van der Waals surface area contributed by atoms with Crippen molar-refractivity contribution in [3.05, 3.63) is 0 Å². The fourth-order valence-electron chi connectivity index (χ4n) is 1.91. The van der Waals surface area contributed by atoms with Gasteiger partial charge in [-0.05, 0) is 0 Å². The van der Waals surface area contributed by atoms with E-state index in [1.54, 1.807) is 0 Å². The van der Waals surface area contributed by atoms with Gasteiger partial charge >= 0.3 is 0 Å². The lowest BCUT2D eigenvalue weighted by molar-refractivity contribution is -0.259. The van der Waals surface area contributed by atoms with E-state index in [-0.39, 0.29) is 12.5 Å². The lowest BCUT2D eigenvalue weighted by Gasteiger charge is -2.42. The Hall–Kier alpha value is -0.730. The third kappa shape index (κ3) is 3.36. The number of amides is 1.